The predicted molar refractivity (Wildman–Crippen MR) is 66.3 cm³/mol. The monoisotopic (exact) mass is 289 g/mol. The molecule has 1 N–H and O–H groups in total. The van der Waals surface area contributed by atoms with Gasteiger partial charge >= 0.3 is 12.1 Å². The third kappa shape index (κ3) is 4.91. The molecule has 0 aliphatic rings. The van der Waals surface area contributed by atoms with Gasteiger partial charge in [0.1, 0.15) is 5.69 Å². The van der Waals surface area contributed by atoms with Crippen molar-refractivity contribution in [2.24, 2.45) is 0 Å². The summed E-state index contributed by atoms with van der Waals surface area (Å²) in [5.41, 5.74) is -0.882. The molecule has 110 valence electrons. The molecule has 4 nitrogen and oxygen atoms in total. The lowest BCUT2D eigenvalue weighted by molar-refractivity contribution is -0.141. The first kappa shape index (κ1) is 16.0. The second kappa shape index (κ2) is 6.93. The molecular weight excluding hydrogens is 275 g/mol. The van der Waals surface area contributed by atoms with Gasteiger partial charge in [0.25, 0.3) is 0 Å². The van der Waals surface area contributed by atoms with E-state index in [1.165, 1.54) is 0 Å². The normalized spacial score (nSPS) is 11.8. The van der Waals surface area contributed by atoms with Gasteiger partial charge in [0.05, 0.1) is 6.61 Å². The van der Waals surface area contributed by atoms with E-state index in [0.717, 1.165) is 30.7 Å². The Kier molecular flexibility index (Phi) is 5.54. The van der Waals surface area contributed by atoms with E-state index in [9.17, 15) is 18.0 Å². The zero-order valence-corrected chi connectivity index (χ0v) is 10.8. The van der Waals surface area contributed by atoms with Crippen molar-refractivity contribution in [3.63, 3.8) is 0 Å². The highest BCUT2D eigenvalue weighted by Crippen LogP contribution is 2.30. The van der Waals surface area contributed by atoms with Crippen LogP contribution in [-0.4, -0.2) is 22.7 Å². The van der Waals surface area contributed by atoms with Crippen LogP contribution in [0.15, 0.2) is 18.2 Å². The molecule has 1 rings (SSSR count). The first-order valence-electron chi connectivity index (χ1n) is 5.96. The van der Waals surface area contributed by atoms with E-state index in [0.29, 0.717) is 6.42 Å². The van der Waals surface area contributed by atoms with Gasteiger partial charge in [0, 0.05) is 11.6 Å². The van der Waals surface area contributed by atoms with Gasteiger partial charge in [-0.15, -0.1) is 0 Å². The number of carboxylic acids is 1. The van der Waals surface area contributed by atoms with Gasteiger partial charge in [0.2, 0.25) is 5.88 Å². The number of alkyl halides is 3. The molecule has 1 aromatic rings. The van der Waals surface area contributed by atoms with E-state index in [-0.39, 0.29) is 18.1 Å². The molecule has 0 saturated heterocycles. The Morgan fingerprint density at radius 3 is 2.70 bits per heavy atom. The maximum Gasteiger partial charge on any atom is 0.433 e. The summed E-state index contributed by atoms with van der Waals surface area (Å²) >= 11 is 0. The first-order chi connectivity index (χ1) is 9.34. The molecule has 0 unspecified atom stereocenters. The molecule has 0 bridgehead atoms. The summed E-state index contributed by atoms with van der Waals surface area (Å²) in [7, 11) is 0. The minimum absolute atomic E-state index is 0.191. The number of nitrogens with zero attached hydrogens (tertiary/aromatic N) is 1. The maximum atomic E-state index is 12.6. The minimum atomic E-state index is -4.57. The van der Waals surface area contributed by atoms with Crippen molar-refractivity contribution in [2.45, 2.75) is 25.9 Å². The van der Waals surface area contributed by atoms with E-state index in [1.807, 2.05) is 6.92 Å². The molecule has 0 atom stereocenters. The number of pyridine rings is 1. The summed E-state index contributed by atoms with van der Waals surface area (Å²) in [5, 5.41) is 8.54. The van der Waals surface area contributed by atoms with E-state index in [2.05, 4.69) is 4.98 Å². The van der Waals surface area contributed by atoms with Crippen molar-refractivity contribution in [1.82, 2.24) is 4.98 Å². The van der Waals surface area contributed by atoms with E-state index in [1.54, 1.807) is 0 Å². The van der Waals surface area contributed by atoms with Gasteiger partial charge in [-0.05, 0) is 24.6 Å². The first-order valence-corrected chi connectivity index (χ1v) is 5.96. The Hall–Kier alpha value is -2.05. The van der Waals surface area contributed by atoms with Crippen molar-refractivity contribution in [2.75, 3.05) is 6.61 Å². The number of halogens is 3. The van der Waals surface area contributed by atoms with Gasteiger partial charge in [-0.2, -0.15) is 13.2 Å². The Bertz CT molecular complexity index is 498. The number of ether oxygens (including phenoxy) is 1. The number of carbonyl (C=O) groups is 1. The Balaban J connectivity index is 3.06. The van der Waals surface area contributed by atoms with E-state index in [4.69, 9.17) is 9.84 Å². The van der Waals surface area contributed by atoms with E-state index < -0.39 is 17.8 Å². The predicted octanol–water partition coefficient (Wildman–Crippen LogP) is 3.38. The van der Waals surface area contributed by atoms with Gasteiger partial charge in [0.15, 0.2) is 0 Å². The molecule has 0 aromatic carbocycles. The number of hydrogen-bond acceptors (Lipinski definition) is 3. The lowest BCUT2D eigenvalue weighted by atomic mass is 10.2. The van der Waals surface area contributed by atoms with Crippen molar-refractivity contribution >= 4 is 12.0 Å². The smallest absolute Gasteiger partial charge is 0.433 e. The average Bonchev–Trinajstić information content (AvgIpc) is 2.36. The van der Waals surface area contributed by atoms with Crippen LogP contribution >= 0.6 is 0 Å². The lowest BCUT2D eigenvalue weighted by Gasteiger charge is -2.11. The molecule has 1 aromatic heterocycles. The fourth-order valence-corrected chi connectivity index (χ4v) is 1.33. The molecule has 0 fully saturated rings. The summed E-state index contributed by atoms with van der Waals surface area (Å²) in [6.07, 6.45) is -1.12. The fourth-order valence-electron chi connectivity index (χ4n) is 1.33. The Morgan fingerprint density at radius 2 is 2.15 bits per heavy atom. The molecular formula is C13H14F3NO3. The molecule has 20 heavy (non-hydrogen) atoms. The molecule has 0 spiro atoms. The Morgan fingerprint density at radius 1 is 1.45 bits per heavy atom. The minimum Gasteiger partial charge on any atom is -0.478 e. The van der Waals surface area contributed by atoms with E-state index >= 15 is 0 Å². The molecule has 0 amide bonds. The van der Waals surface area contributed by atoms with Crippen molar-refractivity contribution in [3.05, 3.63) is 29.5 Å². The Labute approximate surface area is 113 Å². The number of rotatable bonds is 6. The number of aliphatic carboxylic acids is 1. The third-order valence-electron chi connectivity index (χ3n) is 2.32. The quantitative estimate of drug-likeness (QED) is 0.644. The molecule has 1 heterocycles. The topological polar surface area (TPSA) is 59.4 Å². The largest absolute Gasteiger partial charge is 0.478 e. The number of aromatic nitrogens is 1. The van der Waals surface area contributed by atoms with Crippen molar-refractivity contribution < 1.29 is 27.8 Å². The van der Waals surface area contributed by atoms with Crippen LogP contribution in [0.1, 0.15) is 31.0 Å². The maximum absolute atomic E-state index is 12.6. The lowest BCUT2D eigenvalue weighted by Crippen LogP contribution is -2.10. The van der Waals surface area contributed by atoms with Gasteiger partial charge in [-0.25, -0.2) is 9.78 Å². The van der Waals surface area contributed by atoms with Crippen LogP contribution in [0.5, 0.6) is 5.88 Å². The number of hydrogen-bond donors (Lipinski definition) is 1. The van der Waals surface area contributed by atoms with Crippen molar-refractivity contribution in [3.8, 4) is 5.88 Å². The molecule has 0 aliphatic heterocycles. The molecule has 0 radical (unpaired) electrons. The highest BCUT2D eigenvalue weighted by Gasteiger charge is 2.33. The van der Waals surface area contributed by atoms with Crippen LogP contribution in [0, 0.1) is 0 Å². The molecule has 0 aliphatic carbocycles. The van der Waals surface area contributed by atoms with Gasteiger partial charge < -0.3 is 9.84 Å². The average molecular weight is 289 g/mol. The second-order valence-electron chi connectivity index (χ2n) is 3.96. The zero-order chi connectivity index (χ0) is 15.2. The summed E-state index contributed by atoms with van der Waals surface area (Å²) in [6, 6.07) is 1.92. The SMILES string of the molecule is CCCCOc1nc(C(F)(F)F)ccc1/C=C/C(=O)O. The summed E-state index contributed by atoms with van der Waals surface area (Å²) in [5.74, 6) is -1.42. The number of unbranched alkanes of at least 4 members (excludes halogenated alkanes) is 1. The van der Waals surface area contributed by atoms with Gasteiger partial charge in [-0.1, -0.05) is 13.3 Å². The summed E-state index contributed by atoms with van der Waals surface area (Å²) < 4.78 is 42.9. The summed E-state index contributed by atoms with van der Waals surface area (Å²) in [4.78, 5) is 13.8. The van der Waals surface area contributed by atoms with Crippen LogP contribution < -0.4 is 4.74 Å². The van der Waals surface area contributed by atoms with Crippen LogP contribution in [0.2, 0.25) is 0 Å². The van der Waals surface area contributed by atoms with Crippen LogP contribution in [0.4, 0.5) is 13.2 Å². The standard InChI is InChI=1S/C13H14F3NO3/c1-2-3-8-20-12-9(5-7-11(18)19)4-6-10(17-12)13(14,15)16/h4-7H,2-3,8H2,1H3,(H,18,19)/b7-5+. The highest BCUT2D eigenvalue weighted by atomic mass is 19.4. The second-order valence-corrected chi connectivity index (χ2v) is 3.96. The zero-order valence-electron chi connectivity index (χ0n) is 10.8. The third-order valence-corrected chi connectivity index (χ3v) is 2.32. The highest BCUT2D eigenvalue weighted by molar-refractivity contribution is 5.85. The fraction of sp³-hybridized carbons (Fsp3) is 0.385. The van der Waals surface area contributed by atoms with Gasteiger partial charge in [-0.3, -0.25) is 0 Å². The van der Waals surface area contributed by atoms with Crippen LogP contribution in [-0.2, 0) is 11.0 Å². The molecule has 7 heteroatoms. The molecule has 0 saturated carbocycles. The van der Waals surface area contributed by atoms with Crippen molar-refractivity contribution in [1.29, 1.82) is 0 Å². The van der Waals surface area contributed by atoms with Crippen LogP contribution in [0.25, 0.3) is 6.08 Å². The van der Waals surface area contributed by atoms with Crippen LogP contribution in [0.3, 0.4) is 0 Å². The number of carboxylic acid groups (broad SMARTS) is 1. The summed E-state index contributed by atoms with van der Waals surface area (Å²) in [6.45, 7) is 2.13.